The van der Waals surface area contributed by atoms with Gasteiger partial charge in [-0.15, -0.1) is 0 Å². The average Bonchev–Trinajstić information content (AvgIpc) is 2.76. The normalized spacial score (nSPS) is 19.5. The van der Waals surface area contributed by atoms with Crippen molar-refractivity contribution in [3.05, 3.63) is 66.0 Å². The first-order chi connectivity index (χ1) is 10.8. The topological polar surface area (TPSA) is 45.2 Å². The molecule has 0 spiro atoms. The van der Waals surface area contributed by atoms with Crippen molar-refractivity contribution < 1.29 is 4.79 Å². The zero-order valence-corrected chi connectivity index (χ0v) is 12.6. The second-order valence-corrected chi connectivity index (χ2v) is 5.62. The van der Waals surface area contributed by atoms with Crippen LogP contribution in [0.3, 0.4) is 0 Å². The van der Waals surface area contributed by atoms with Crippen molar-refractivity contribution in [2.45, 2.75) is 18.9 Å². The lowest BCUT2D eigenvalue weighted by Gasteiger charge is -2.29. The van der Waals surface area contributed by atoms with Crippen molar-refractivity contribution in [2.24, 2.45) is 0 Å². The Labute approximate surface area is 131 Å². The highest BCUT2D eigenvalue weighted by atomic mass is 16.1. The molecule has 1 aromatic heterocycles. The molecule has 1 aliphatic heterocycles. The molecule has 2 aromatic rings. The van der Waals surface area contributed by atoms with Gasteiger partial charge in [0.1, 0.15) is 0 Å². The third kappa shape index (κ3) is 3.71. The van der Waals surface area contributed by atoms with Crippen LogP contribution in [0.5, 0.6) is 0 Å². The van der Waals surface area contributed by atoms with Gasteiger partial charge in [-0.05, 0) is 29.7 Å². The van der Waals surface area contributed by atoms with E-state index in [1.54, 1.807) is 0 Å². The Hall–Kier alpha value is -2.20. The summed E-state index contributed by atoms with van der Waals surface area (Å²) in [5.74, 6) is 0.139. The van der Waals surface area contributed by atoms with Gasteiger partial charge in [0.15, 0.2) is 0 Å². The molecule has 3 rings (SSSR count). The summed E-state index contributed by atoms with van der Waals surface area (Å²) in [4.78, 5) is 18.4. The van der Waals surface area contributed by atoms with Gasteiger partial charge in [0.25, 0.3) is 0 Å². The van der Waals surface area contributed by atoms with Gasteiger partial charge < -0.3 is 5.32 Å². The lowest BCUT2D eigenvalue weighted by Crippen LogP contribution is -2.32. The summed E-state index contributed by atoms with van der Waals surface area (Å²) in [6.07, 6.45) is 5.16. The highest BCUT2D eigenvalue weighted by Crippen LogP contribution is 2.25. The van der Waals surface area contributed by atoms with Crippen molar-refractivity contribution in [2.75, 3.05) is 19.6 Å². The van der Waals surface area contributed by atoms with E-state index in [0.717, 1.165) is 26.1 Å². The van der Waals surface area contributed by atoms with Crippen LogP contribution in [0.4, 0.5) is 0 Å². The highest BCUT2D eigenvalue weighted by Gasteiger charge is 2.25. The van der Waals surface area contributed by atoms with Gasteiger partial charge in [-0.1, -0.05) is 30.3 Å². The number of aromatic nitrogens is 1. The van der Waals surface area contributed by atoms with Crippen LogP contribution in [0.2, 0.25) is 0 Å². The van der Waals surface area contributed by atoms with Gasteiger partial charge in [0, 0.05) is 44.5 Å². The zero-order valence-electron chi connectivity index (χ0n) is 12.6. The predicted octanol–water partition coefficient (Wildman–Crippen LogP) is 2.19. The molecule has 1 N–H and O–H groups in total. The van der Waals surface area contributed by atoms with Crippen LogP contribution in [0.25, 0.3) is 0 Å². The van der Waals surface area contributed by atoms with E-state index in [1.165, 1.54) is 11.1 Å². The highest BCUT2D eigenvalue weighted by molar-refractivity contribution is 5.77. The van der Waals surface area contributed by atoms with Crippen molar-refractivity contribution in [1.29, 1.82) is 0 Å². The summed E-state index contributed by atoms with van der Waals surface area (Å²) < 4.78 is 0. The monoisotopic (exact) mass is 295 g/mol. The molecule has 4 heteroatoms. The molecule has 1 unspecified atom stereocenters. The van der Waals surface area contributed by atoms with Crippen LogP contribution < -0.4 is 5.32 Å². The number of hydrogen-bond donors (Lipinski definition) is 1. The summed E-state index contributed by atoms with van der Waals surface area (Å²) in [7, 11) is 0. The van der Waals surface area contributed by atoms with Crippen LogP contribution in [0.1, 0.15) is 23.6 Å². The fourth-order valence-electron chi connectivity index (χ4n) is 2.97. The van der Waals surface area contributed by atoms with Crippen molar-refractivity contribution in [1.82, 2.24) is 15.2 Å². The molecule has 1 atom stereocenters. The SMILES string of the molecule is O=C1CC(c2ccccc2)N(CCc2ccncc2)CCN1. The molecule has 114 valence electrons. The van der Waals surface area contributed by atoms with E-state index >= 15 is 0 Å². The van der Waals surface area contributed by atoms with E-state index in [2.05, 4.69) is 39.5 Å². The molecule has 0 radical (unpaired) electrons. The first-order valence-corrected chi connectivity index (χ1v) is 7.77. The Morgan fingerprint density at radius 2 is 1.91 bits per heavy atom. The van der Waals surface area contributed by atoms with Crippen LogP contribution in [0.15, 0.2) is 54.9 Å². The zero-order chi connectivity index (χ0) is 15.2. The second kappa shape index (κ2) is 7.18. The van der Waals surface area contributed by atoms with Gasteiger partial charge in [0.2, 0.25) is 5.91 Å². The Balaban J connectivity index is 1.75. The second-order valence-electron chi connectivity index (χ2n) is 5.62. The first kappa shape index (κ1) is 14.7. The maximum atomic E-state index is 11.9. The largest absolute Gasteiger partial charge is 0.355 e. The molecule has 0 aliphatic carbocycles. The molecule has 1 aliphatic rings. The Kier molecular flexibility index (Phi) is 4.81. The Morgan fingerprint density at radius 3 is 2.68 bits per heavy atom. The Morgan fingerprint density at radius 1 is 1.14 bits per heavy atom. The fourth-order valence-corrected chi connectivity index (χ4v) is 2.97. The average molecular weight is 295 g/mol. The summed E-state index contributed by atoms with van der Waals surface area (Å²) in [6, 6.07) is 14.6. The molecule has 1 fully saturated rings. The molecule has 0 bridgehead atoms. The summed E-state index contributed by atoms with van der Waals surface area (Å²) >= 11 is 0. The minimum Gasteiger partial charge on any atom is -0.355 e. The van der Waals surface area contributed by atoms with Gasteiger partial charge >= 0.3 is 0 Å². The number of nitrogens with one attached hydrogen (secondary N) is 1. The molecular weight excluding hydrogens is 274 g/mol. The molecule has 22 heavy (non-hydrogen) atoms. The van der Waals surface area contributed by atoms with Crippen molar-refractivity contribution in [3.8, 4) is 0 Å². The van der Waals surface area contributed by atoms with Gasteiger partial charge in [-0.25, -0.2) is 0 Å². The maximum absolute atomic E-state index is 11.9. The smallest absolute Gasteiger partial charge is 0.221 e. The standard InChI is InChI=1S/C18H21N3O/c22-18-14-17(16-4-2-1-3-5-16)21(13-11-20-18)12-8-15-6-9-19-10-7-15/h1-7,9-10,17H,8,11-14H2,(H,20,22). The Bertz CT molecular complexity index is 600. The number of carbonyl (C=O) groups excluding carboxylic acids is 1. The number of nitrogens with zero attached hydrogens (tertiary/aromatic N) is 2. The predicted molar refractivity (Wildman–Crippen MR) is 86.3 cm³/mol. The molecule has 1 aromatic carbocycles. The van der Waals surface area contributed by atoms with Gasteiger partial charge in [-0.2, -0.15) is 0 Å². The van der Waals surface area contributed by atoms with Gasteiger partial charge in [0.05, 0.1) is 0 Å². The fraction of sp³-hybridized carbons (Fsp3) is 0.333. The number of amides is 1. The molecule has 1 saturated heterocycles. The van der Waals surface area contributed by atoms with Crippen molar-refractivity contribution in [3.63, 3.8) is 0 Å². The lowest BCUT2D eigenvalue weighted by molar-refractivity contribution is -0.121. The van der Waals surface area contributed by atoms with E-state index in [-0.39, 0.29) is 11.9 Å². The van der Waals surface area contributed by atoms with Crippen LogP contribution in [-0.4, -0.2) is 35.4 Å². The third-order valence-corrected chi connectivity index (χ3v) is 4.16. The first-order valence-electron chi connectivity index (χ1n) is 7.77. The minimum atomic E-state index is 0.139. The number of benzene rings is 1. The van der Waals surface area contributed by atoms with E-state index in [1.807, 2.05) is 30.6 Å². The van der Waals surface area contributed by atoms with E-state index in [4.69, 9.17) is 0 Å². The molecule has 4 nitrogen and oxygen atoms in total. The van der Waals surface area contributed by atoms with Crippen molar-refractivity contribution >= 4 is 5.91 Å². The minimum absolute atomic E-state index is 0.139. The summed E-state index contributed by atoms with van der Waals surface area (Å²) in [6.45, 7) is 2.55. The van der Waals surface area contributed by atoms with E-state index in [9.17, 15) is 4.79 Å². The van der Waals surface area contributed by atoms with Crippen LogP contribution in [-0.2, 0) is 11.2 Å². The molecule has 2 heterocycles. The molecule has 0 saturated carbocycles. The molecule has 1 amide bonds. The third-order valence-electron chi connectivity index (χ3n) is 4.16. The number of hydrogen-bond acceptors (Lipinski definition) is 3. The molecular formula is C18H21N3O. The van der Waals surface area contributed by atoms with Gasteiger partial charge in [-0.3, -0.25) is 14.7 Å². The summed E-state index contributed by atoms with van der Waals surface area (Å²) in [5, 5.41) is 2.98. The number of carbonyl (C=O) groups is 1. The quantitative estimate of drug-likeness (QED) is 0.940. The van der Waals surface area contributed by atoms with Crippen LogP contribution in [0, 0.1) is 0 Å². The van der Waals surface area contributed by atoms with E-state index < -0.39 is 0 Å². The van der Waals surface area contributed by atoms with Crippen LogP contribution >= 0.6 is 0 Å². The lowest BCUT2D eigenvalue weighted by atomic mass is 10.0. The number of pyridine rings is 1. The number of rotatable bonds is 4. The summed E-state index contributed by atoms with van der Waals surface area (Å²) in [5.41, 5.74) is 2.50. The maximum Gasteiger partial charge on any atom is 0.221 e. The van der Waals surface area contributed by atoms with E-state index in [0.29, 0.717) is 6.42 Å².